The molecule has 4 aromatic rings. The smallest absolute Gasteiger partial charge is 0.241 e. The van der Waals surface area contributed by atoms with Crippen LogP contribution in [0.1, 0.15) is 36.7 Å². The van der Waals surface area contributed by atoms with Gasteiger partial charge >= 0.3 is 0 Å². The summed E-state index contributed by atoms with van der Waals surface area (Å²) in [6, 6.07) is 11.7. The third kappa shape index (κ3) is 4.05. The summed E-state index contributed by atoms with van der Waals surface area (Å²) in [6.07, 6.45) is 4.59. The summed E-state index contributed by atoms with van der Waals surface area (Å²) in [5, 5.41) is 9.73. The van der Waals surface area contributed by atoms with Crippen LogP contribution in [-0.4, -0.2) is 40.0 Å². The summed E-state index contributed by atoms with van der Waals surface area (Å²) in [7, 11) is 0. The number of hydrogen-bond acceptors (Lipinski definition) is 6. The molecule has 8 nitrogen and oxygen atoms in total. The summed E-state index contributed by atoms with van der Waals surface area (Å²) in [5.74, 6) is 2.07. The number of H-pyrrole nitrogens is 1. The molecule has 4 N–H and O–H groups in total. The SMILES string of the molecule is C=C1CCN[C@@H]1c1nc2cc(-c3cnc(-c4cccc(NC(=O)[C@@H]5CCCN5)c4C)o3)ccc2[nH]1. The van der Waals surface area contributed by atoms with E-state index in [0.29, 0.717) is 11.7 Å². The van der Waals surface area contributed by atoms with Crippen molar-refractivity contribution in [2.75, 3.05) is 18.4 Å². The fourth-order valence-corrected chi connectivity index (χ4v) is 4.93. The van der Waals surface area contributed by atoms with Crippen molar-refractivity contribution in [3.05, 3.63) is 66.1 Å². The second-order valence-electron chi connectivity index (χ2n) is 9.30. The summed E-state index contributed by atoms with van der Waals surface area (Å²) in [6.45, 7) is 7.94. The number of carbonyl (C=O) groups excluding carboxylic acids is 1. The van der Waals surface area contributed by atoms with Gasteiger partial charge in [-0.15, -0.1) is 0 Å². The van der Waals surface area contributed by atoms with Crippen molar-refractivity contribution in [1.29, 1.82) is 0 Å². The zero-order chi connectivity index (χ0) is 23.9. The zero-order valence-corrected chi connectivity index (χ0v) is 19.6. The topological polar surface area (TPSA) is 108 Å². The first-order valence-electron chi connectivity index (χ1n) is 12.1. The van der Waals surface area contributed by atoms with E-state index in [2.05, 4.69) is 32.5 Å². The minimum absolute atomic E-state index is 0.00102. The van der Waals surface area contributed by atoms with Crippen LogP contribution in [0.25, 0.3) is 33.8 Å². The maximum atomic E-state index is 12.6. The number of nitrogens with zero attached hydrogens (tertiary/aromatic N) is 2. The molecule has 2 aliphatic heterocycles. The number of anilines is 1. The van der Waals surface area contributed by atoms with Gasteiger partial charge in [-0.3, -0.25) is 4.79 Å². The minimum atomic E-state index is -0.133. The average molecular weight is 469 g/mol. The molecule has 2 aromatic carbocycles. The second-order valence-corrected chi connectivity index (χ2v) is 9.30. The number of imidazole rings is 1. The van der Waals surface area contributed by atoms with Gasteiger partial charge in [0, 0.05) is 16.8 Å². The van der Waals surface area contributed by atoms with Crippen LogP contribution in [0.15, 0.2) is 59.2 Å². The molecule has 0 aliphatic carbocycles. The van der Waals surface area contributed by atoms with E-state index < -0.39 is 0 Å². The van der Waals surface area contributed by atoms with Crippen molar-refractivity contribution in [2.24, 2.45) is 0 Å². The average Bonchev–Trinajstić information content (AvgIpc) is 3.66. The Morgan fingerprint density at radius 1 is 1.20 bits per heavy atom. The van der Waals surface area contributed by atoms with E-state index in [4.69, 9.17) is 9.40 Å². The monoisotopic (exact) mass is 468 g/mol. The molecule has 1 amide bonds. The Morgan fingerprint density at radius 3 is 2.91 bits per heavy atom. The van der Waals surface area contributed by atoms with Crippen molar-refractivity contribution in [3.8, 4) is 22.8 Å². The van der Waals surface area contributed by atoms with Crippen LogP contribution in [0.3, 0.4) is 0 Å². The molecule has 8 heteroatoms. The Balaban J connectivity index is 1.26. The first-order chi connectivity index (χ1) is 17.1. The standard InChI is InChI=1S/C27H28N6O2/c1-15-10-12-29-24(15)25-31-20-9-8-17(13-22(20)32-25)23-14-30-27(35-23)18-5-3-6-19(16(18)2)33-26(34)21-7-4-11-28-21/h3,5-6,8-9,13-14,21,24,28-29H,1,4,7,10-12H2,2H3,(H,31,32)(H,33,34)/t21-,24-/m0/s1. The third-order valence-corrected chi connectivity index (χ3v) is 6.97. The lowest BCUT2D eigenvalue weighted by Gasteiger charge is -2.14. The highest BCUT2D eigenvalue weighted by Gasteiger charge is 2.24. The predicted octanol–water partition coefficient (Wildman–Crippen LogP) is 4.47. The van der Waals surface area contributed by atoms with Crippen LogP contribution in [0.5, 0.6) is 0 Å². The summed E-state index contributed by atoms with van der Waals surface area (Å²) >= 11 is 0. The number of aromatic nitrogens is 3. The molecular formula is C27H28N6O2. The van der Waals surface area contributed by atoms with Gasteiger partial charge in [-0.05, 0) is 75.2 Å². The van der Waals surface area contributed by atoms with E-state index in [0.717, 1.165) is 77.2 Å². The van der Waals surface area contributed by atoms with Crippen molar-refractivity contribution in [2.45, 2.75) is 38.3 Å². The summed E-state index contributed by atoms with van der Waals surface area (Å²) in [5.41, 5.74) is 6.44. The molecule has 0 bridgehead atoms. The molecule has 2 aromatic heterocycles. The van der Waals surface area contributed by atoms with Gasteiger partial charge in [0.05, 0.1) is 29.3 Å². The maximum Gasteiger partial charge on any atom is 0.241 e. The number of amides is 1. The van der Waals surface area contributed by atoms with Crippen LogP contribution in [0.4, 0.5) is 5.69 Å². The number of oxazole rings is 1. The largest absolute Gasteiger partial charge is 0.436 e. The molecule has 178 valence electrons. The molecule has 2 atom stereocenters. The van der Waals surface area contributed by atoms with Crippen LogP contribution in [-0.2, 0) is 4.79 Å². The van der Waals surface area contributed by atoms with Gasteiger partial charge in [0.25, 0.3) is 0 Å². The van der Waals surface area contributed by atoms with Crippen molar-refractivity contribution < 1.29 is 9.21 Å². The quantitative estimate of drug-likeness (QED) is 0.322. The Kier molecular flexibility index (Phi) is 5.47. The molecule has 0 saturated carbocycles. The van der Waals surface area contributed by atoms with E-state index in [1.165, 1.54) is 0 Å². The highest BCUT2D eigenvalue weighted by Crippen LogP contribution is 2.33. The normalized spacial score (nSPS) is 20.1. The van der Waals surface area contributed by atoms with E-state index in [1.54, 1.807) is 6.20 Å². The highest BCUT2D eigenvalue weighted by molar-refractivity contribution is 5.96. The van der Waals surface area contributed by atoms with Crippen LogP contribution < -0.4 is 16.0 Å². The van der Waals surface area contributed by atoms with Gasteiger partial charge in [0.2, 0.25) is 11.8 Å². The van der Waals surface area contributed by atoms with Crippen LogP contribution in [0, 0.1) is 6.92 Å². The third-order valence-electron chi connectivity index (χ3n) is 6.97. The van der Waals surface area contributed by atoms with Gasteiger partial charge in [-0.2, -0.15) is 0 Å². The first-order valence-corrected chi connectivity index (χ1v) is 12.1. The number of benzene rings is 2. The Labute approximate surface area is 203 Å². The molecule has 35 heavy (non-hydrogen) atoms. The Bertz CT molecular complexity index is 1430. The van der Waals surface area contributed by atoms with Crippen LogP contribution in [0.2, 0.25) is 0 Å². The number of fused-ring (bicyclic) bond motifs is 1. The predicted molar refractivity (Wildman–Crippen MR) is 136 cm³/mol. The molecule has 0 spiro atoms. The second kappa shape index (κ2) is 8.79. The molecule has 6 rings (SSSR count). The first kappa shape index (κ1) is 21.8. The molecular weight excluding hydrogens is 440 g/mol. The van der Waals surface area contributed by atoms with E-state index in [1.807, 2.05) is 43.3 Å². The molecule has 2 saturated heterocycles. The number of aromatic amines is 1. The summed E-state index contributed by atoms with van der Waals surface area (Å²) in [4.78, 5) is 25.3. The van der Waals surface area contributed by atoms with Crippen molar-refractivity contribution >= 4 is 22.6 Å². The lowest BCUT2D eigenvalue weighted by molar-refractivity contribution is -0.117. The summed E-state index contributed by atoms with van der Waals surface area (Å²) < 4.78 is 6.17. The Morgan fingerprint density at radius 2 is 2.11 bits per heavy atom. The lowest BCUT2D eigenvalue weighted by atomic mass is 10.1. The number of hydrogen-bond donors (Lipinski definition) is 4. The molecule has 0 unspecified atom stereocenters. The van der Waals surface area contributed by atoms with E-state index in [-0.39, 0.29) is 18.0 Å². The fourth-order valence-electron chi connectivity index (χ4n) is 4.93. The molecule has 0 radical (unpaired) electrons. The number of rotatable bonds is 5. The minimum Gasteiger partial charge on any atom is -0.436 e. The van der Waals surface area contributed by atoms with Gasteiger partial charge in [-0.1, -0.05) is 18.2 Å². The molecule has 2 fully saturated rings. The number of nitrogens with one attached hydrogen (secondary N) is 4. The van der Waals surface area contributed by atoms with Gasteiger partial charge < -0.3 is 25.4 Å². The van der Waals surface area contributed by atoms with Gasteiger partial charge in [0.15, 0.2) is 5.76 Å². The molecule has 4 heterocycles. The van der Waals surface area contributed by atoms with Crippen molar-refractivity contribution in [1.82, 2.24) is 25.6 Å². The number of carbonyl (C=O) groups is 1. The van der Waals surface area contributed by atoms with Crippen LogP contribution >= 0.6 is 0 Å². The van der Waals surface area contributed by atoms with Crippen molar-refractivity contribution in [3.63, 3.8) is 0 Å². The molecule has 2 aliphatic rings. The van der Waals surface area contributed by atoms with E-state index in [9.17, 15) is 4.79 Å². The highest BCUT2D eigenvalue weighted by atomic mass is 16.4. The van der Waals surface area contributed by atoms with Gasteiger partial charge in [-0.25, -0.2) is 9.97 Å². The maximum absolute atomic E-state index is 12.6. The fraction of sp³-hybridized carbons (Fsp3) is 0.296. The lowest BCUT2D eigenvalue weighted by Crippen LogP contribution is -2.35. The Hall–Kier alpha value is -3.75. The van der Waals surface area contributed by atoms with Gasteiger partial charge in [0.1, 0.15) is 5.82 Å². The zero-order valence-electron chi connectivity index (χ0n) is 19.6. The van der Waals surface area contributed by atoms with E-state index >= 15 is 0 Å².